The van der Waals surface area contributed by atoms with Crippen molar-refractivity contribution in [1.29, 1.82) is 0 Å². The third kappa shape index (κ3) is 4.40. The molecule has 0 saturated heterocycles. The van der Waals surface area contributed by atoms with Crippen LogP contribution in [0.5, 0.6) is 5.75 Å². The van der Waals surface area contributed by atoms with Crippen LogP contribution in [0.15, 0.2) is 57.6 Å². The molecule has 1 spiro atoms. The summed E-state index contributed by atoms with van der Waals surface area (Å²) in [5.74, 6) is 0.332. The van der Waals surface area contributed by atoms with Crippen molar-refractivity contribution < 1.29 is 28.3 Å². The van der Waals surface area contributed by atoms with E-state index in [4.69, 9.17) is 18.6 Å². The molecule has 0 saturated carbocycles. The maximum Gasteiger partial charge on any atom is 0.249 e. The number of Topliss-reactive ketones (excluding diaryl/α,β-unsaturated/α-hetero) is 1. The van der Waals surface area contributed by atoms with E-state index in [0.29, 0.717) is 41.1 Å². The summed E-state index contributed by atoms with van der Waals surface area (Å²) in [6.07, 6.45) is 1.78. The molecule has 7 rings (SSSR count). The van der Waals surface area contributed by atoms with Crippen LogP contribution in [-0.2, 0) is 21.4 Å². The van der Waals surface area contributed by atoms with E-state index >= 15 is 0 Å². The van der Waals surface area contributed by atoms with Gasteiger partial charge in [-0.2, -0.15) is 0 Å². The van der Waals surface area contributed by atoms with Crippen LogP contribution in [0.1, 0.15) is 87.0 Å². The van der Waals surface area contributed by atoms with Crippen LogP contribution in [0.4, 0.5) is 5.69 Å². The van der Waals surface area contributed by atoms with E-state index in [1.807, 2.05) is 57.2 Å². The highest BCUT2D eigenvalue weighted by atomic mass is 16.5. The Labute approximate surface area is 261 Å². The summed E-state index contributed by atoms with van der Waals surface area (Å²) in [5, 5.41) is 17.8. The highest BCUT2D eigenvalue weighted by Gasteiger charge is 2.61. The van der Waals surface area contributed by atoms with Crippen LogP contribution in [-0.4, -0.2) is 38.6 Å². The van der Waals surface area contributed by atoms with E-state index in [0.717, 1.165) is 22.4 Å². The van der Waals surface area contributed by atoms with E-state index in [1.54, 1.807) is 20.1 Å². The fraction of sp³-hybridized carbons (Fsp3) is 0.429. The van der Waals surface area contributed by atoms with Crippen molar-refractivity contribution in [2.24, 2.45) is 11.8 Å². The lowest BCUT2D eigenvalue weighted by Gasteiger charge is -2.29. The number of benzene rings is 2. The first-order valence-corrected chi connectivity index (χ1v) is 15.7. The zero-order valence-electron chi connectivity index (χ0n) is 26.1. The zero-order valence-corrected chi connectivity index (χ0v) is 26.1. The molecule has 3 aliphatic rings. The largest absolute Gasteiger partial charge is 0.469 e. The Balaban J connectivity index is 1.47. The second-order valence-electron chi connectivity index (χ2n) is 12.8. The number of aromatic nitrogens is 2. The van der Waals surface area contributed by atoms with Gasteiger partial charge in [-0.05, 0) is 55.4 Å². The fourth-order valence-electron chi connectivity index (χ4n) is 7.08. The van der Waals surface area contributed by atoms with Gasteiger partial charge in [0.2, 0.25) is 17.7 Å². The minimum atomic E-state index is -1.48. The first kappa shape index (κ1) is 29.3. The molecule has 10 heteroatoms. The number of amides is 1. The topological polar surface area (TPSA) is 140 Å². The number of rotatable bonds is 7. The van der Waals surface area contributed by atoms with Crippen molar-refractivity contribution in [1.82, 2.24) is 15.3 Å². The quantitative estimate of drug-likeness (QED) is 0.244. The van der Waals surface area contributed by atoms with Gasteiger partial charge in [-0.15, -0.1) is 0 Å². The van der Waals surface area contributed by atoms with Crippen molar-refractivity contribution in [3.8, 4) is 17.3 Å². The Hall–Kier alpha value is -4.44. The Kier molecular flexibility index (Phi) is 6.88. The summed E-state index contributed by atoms with van der Waals surface area (Å²) in [6.45, 7) is 9.38. The summed E-state index contributed by atoms with van der Waals surface area (Å²) in [6, 6.07) is 13.3. The average molecular weight is 611 g/mol. The van der Waals surface area contributed by atoms with Gasteiger partial charge < -0.3 is 29.3 Å². The molecule has 0 radical (unpaired) electrons. The number of ether oxygens (including phenoxy) is 1. The molecule has 4 bridgehead atoms. The highest BCUT2D eigenvalue weighted by molar-refractivity contribution is 5.92. The minimum Gasteiger partial charge on any atom is -0.469 e. The summed E-state index contributed by atoms with van der Waals surface area (Å²) < 4.78 is 19.3. The van der Waals surface area contributed by atoms with Crippen molar-refractivity contribution in [3.63, 3.8) is 0 Å². The molecular weight excluding hydrogens is 572 g/mol. The van der Waals surface area contributed by atoms with Crippen LogP contribution >= 0.6 is 0 Å². The first-order valence-electron chi connectivity index (χ1n) is 15.7. The number of anilines is 1. The predicted octanol–water partition coefficient (Wildman–Crippen LogP) is 5.61. The van der Waals surface area contributed by atoms with Crippen LogP contribution in [0, 0.1) is 18.8 Å². The third-order valence-electron chi connectivity index (χ3n) is 9.77. The molecule has 5 heterocycles. The monoisotopic (exact) mass is 610 g/mol. The smallest absolute Gasteiger partial charge is 0.249 e. The number of aryl methyl sites for hydroxylation is 1. The lowest BCUT2D eigenvalue weighted by atomic mass is 9.72. The molecule has 1 amide bonds. The Morgan fingerprint density at radius 1 is 1.11 bits per heavy atom. The lowest BCUT2D eigenvalue weighted by molar-refractivity contribution is -0.141. The number of para-hydroxylation sites is 1. The Morgan fingerprint density at radius 3 is 2.60 bits per heavy atom. The maximum atomic E-state index is 14.1. The molecule has 0 aliphatic carbocycles. The normalized spacial score (nSPS) is 23.4. The number of fused-ring (bicyclic) bond motifs is 4. The van der Waals surface area contributed by atoms with E-state index in [2.05, 4.69) is 21.7 Å². The van der Waals surface area contributed by atoms with Gasteiger partial charge >= 0.3 is 0 Å². The number of ketones is 1. The van der Waals surface area contributed by atoms with Crippen LogP contribution in [0.3, 0.4) is 0 Å². The van der Waals surface area contributed by atoms with E-state index in [-0.39, 0.29) is 36.9 Å². The molecule has 3 N–H and O–H groups in total. The number of nitrogens with one attached hydrogen (secondary N) is 2. The minimum absolute atomic E-state index is 0.0990. The summed E-state index contributed by atoms with van der Waals surface area (Å²) in [7, 11) is 0. The number of nitrogens with zero attached hydrogens (tertiary/aromatic N) is 2. The number of aliphatic hydroxyl groups is 1. The Morgan fingerprint density at radius 2 is 1.89 bits per heavy atom. The summed E-state index contributed by atoms with van der Waals surface area (Å²) in [4.78, 5) is 37.1. The lowest BCUT2D eigenvalue weighted by Crippen LogP contribution is -2.43. The second-order valence-corrected chi connectivity index (χ2v) is 12.8. The van der Waals surface area contributed by atoms with Crippen molar-refractivity contribution in [2.75, 3.05) is 5.32 Å². The van der Waals surface area contributed by atoms with Gasteiger partial charge in [0, 0.05) is 23.6 Å². The SMILES string of the molecule is CCC(O)(CC)C(=O)CC1Cc2ccc3c(c2)C2(c4ccccc4N[C@H]2O3)c2oc(nc2-c2nc(C)co2)[C@H](C(C)C)NC1=O. The standard InChI is InChI=1S/C35H38N4O6/c1-6-34(42,7-2)26(40)16-21-14-20-12-13-25-23(15-20)35(22-10-8-9-11-24(22)37-33(35)44-25)29-28(31-36-19(5)17-43-31)39-32(45-29)27(18(3)4)38-30(21)41/h8-13,15,17-18,21,27,33,37,42H,6-7,14,16H2,1-5H3,(H,38,41)/t21?,27-,33-,35?/m0/s1. The van der Waals surface area contributed by atoms with Gasteiger partial charge in [0.1, 0.15) is 29.1 Å². The number of carbonyl (C=O) groups is 2. The molecule has 2 unspecified atom stereocenters. The van der Waals surface area contributed by atoms with E-state index in [9.17, 15) is 14.7 Å². The van der Waals surface area contributed by atoms with Crippen molar-refractivity contribution >= 4 is 17.4 Å². The number of hydrogen-bond acceptors (Lipinski definition) is 9. The van der Waals surface area contributed by atoms with E-state index < -0.39 is 29.2 Å². The van der Waals surface area contributed by atoms with Crippen LogP contribution in [0.25, 0.3) is 11.6 Å². The van der Waals surface area contributed by atoms with Crippen LogP contribution < -0.4 is 15.4 Å². The average Bonchev–Trinajstić information content (AvgIpc) is 3.79. The molecule has 4 atom stereocenters. The molecule has 234 valence electrons. The molecule has 3 aliphatic heterocycles. The summed E-state index contributed by atoms with van der Waals surface area (Å²) >= 11 is 0. The number of hydrogen-bond donors (Lipinski definition) is 3. The summed E-state index contributed by atoms with van der Waals surface area (Å²) in [5.41, 5.74) is 2.29. The third-order valence-corrected chi connectivity index (χ3v) is 9.77. The molecule has 2 aromatic carbocycles. The van der Waals surface area contributed by atoms with Gasteiger partial charge in [0.25, 0.3) is 0 Å². The molecule has 4 aromatic rings. The number of carbonyl (C=O) groups excluding carboxylic acids is 2. The van der Waals surface area contributed by atoms with Crippen molar-refractivity contribution in [2.45, 2.75) is 83.6 Å². The van der Waals surface area contributed by atoms with Crippen LogP contribution in [0.2, 0.25) is 0 Å². The molecule has 10 nitrogen and oxygen atoms in total. The fourth-order valence-corrected chi connectivity index (χ4v) is 7.08. The zero-order chi connectivity index (χ0) is 31.7. The van der Waals surface area contributed by atoms with E-state index in [1.165, 1.54) is 0 Å². The molecule has 45 heavy (non-hydrogen) atoms. The van der Waals surface area contributed by atoms with Gasteiger partial charge in [0.05, 0.1) is 5.69 Å². The molecule has 2 aromatic heterocycles. The van der Waals surface area contributed by atoms with Gasteiger partial charge in [-0.3, -0.25) is 9.59 Å². The second kappa shape index (κ2) is 10.6. The highest BCUT2D eigenvalue weighted by Crippen LogP contribution is 2.59. The Bertz CT molecular complexity index is 1800. The maximum absolute atomic E-state index is 14.1. The molecular formula is C35H38N4O6. The first-order chi connectivity index (χ1) is 21.6. The number of oxazole rings is 2. The predicted molar refractivity (Wildman–Crippen MR) is 166 cm³/mol. The van der Waals surface area contributed by atoms with Gasteiger partial charge in [-0.25, -0.2) is 9.97 Å². The van der Waals surface area contributed by atoms with Gasteiger partial charge in [-0.1, -0.05) is 58.0 Å². The van der Waals surface area contributed by atoms with Crippen molar-refractivity contribution in [3.05, 3.63) is 82.8 Å². The van der Waals surface area contributed by atoms with Gasteiger partial charge in [0.15, 0.2) is 23.5 Å². The molecule has 0 fully saturated rings.